The summed E-state index contributed by atoms with van der Waals surface area (Å²) in [6.07, 6.45) is 5.19. The Morgan fingerprint density at radius 3 is 1.94 bits per heavy atom. The molecular formula is C11H11BN6. The van der Waals surface area contributed by atoms with Crippen LogP contribution in [0.1, 0.15) is 0 Å². The number of rotatable bonds is 2. The van der Waals surface area contributed by atoms with Gasteiger partial charge in [0.2, 0.25) is 6.33 Å². The van der Waals surface area contributed by atoms with Crippen LogP contribution in [-0.2, 0) is 13.6 Å². The van der Waals surface area contributed by atoms with Crippen molar-refractivity contribution in [3.05, 3.63) is 31.4 Å². The normalized spacial score (nSPS) is 8.50. The van der Waals surface area contributed by atoms with Crippen molar-refractivity contribution in [3.8, 4) is 23.9 Å². The lowest BCUT2D eigenvalue weighted by molar-refractivity contribution is -0.671. The van der Waals surface area contributed by atoms with E-state index in [1.165, 1.54) is 23.9 Å². The third-order valence-corrected chi connectivity index (χ3v) is 1.94. The van der Waals surface area contributed by atoms with E-state index in [0.29, 0.717) is 0 Å². The first-order valence-corrected chi connectivity index (χ1v) is 5.00. The number of aryl methyl sites for hydroxylation is 1. The van der Waals surface area contributed by atoms with Gasteiger partial charge in [0.1, 0.15) is 18.9 Å². The van der Waals surface area contributed by atoms with E-state index in [9.17, 15) is 0 Å². The second-order valence-corrected chi connectivity index (χ2v) is 3.45. The zero-order valence-corrected chi connectivity index (χ0v) is 9.98. The van der Waals surface area contributed by atoms with Crippen LogP contribution in [0.3, 0.4) is 0 Å². The van der Waals surface area contributed by atoms with Crippen molar-refractivity contribution in [1.82, 2.24) is 4.57 Å². The molecule has 1 aromatic rings. The van der Waals surface area contributed by atoms with Crippen LogP contribution >= 0.6 is 0 Å². The van der Waals surface area contributed by atoms with E-state index in [1.807, 2.05) is 36.4 Å². The van der Waals surface area contributed by atoms with Crippen LogP contribution in [0.5, 0.6) is 0 Å². The van der Waals surface area contributed by atoms with Gasteiger partial charge < -0.3 is 0 Å². The first kappa shape index (κ1) is 15.0. The van der Waals surface area contributed by atoms with Crippen LogP contribution < -0.4 is 4.57 Å². The van der Waals surface area contributed by atoms with Gasteiger partial charge in [0.05, 0.1) is 7.05 Å². The number of hydrogen-bond acceptors (Lipinski definition) is 4. The second-order valence-electron chi connectivity index (χ2n) is 3.45. The summed E-state index contributed by atoms with van der Waals surface area (Å²) < 4.78 is 4.07. The fourth-order valence-corrected chi connectivity index (χ4v) is 0.932. The van der Waals surface area contributed by atoms with Crippen molar-refractivity contribution in [3.63, 3.8) is 0 Å². The molecule has 0 fully saturated rings. The maximum Gasteiger partial charge on any atom is 0.383 e. The van der Waals surface area contributed by atoms with Crippen molar-refractivity contribution in [2.45, 2.75) is 6.54 Å². The summed E-state index contributed by atoms with van der Waals surface area (Å²) in [5.74, 6) is 5.38. The third-order valence-electron chi connectivity index (χ3n) is 1.94. The molecule has 0 aliphatic rings. The molecule has 0 aliphatic heterocycles. The number of imidazole rings is 1. The largest absolute Gasteiger partial charge is 0.383 e. The van der Waals surface area contributed by atoms with Gasteiger partial charge in [-0.2, -0.15) is 0 Å². The zero-order chi connectivity index (χ0) is 14.0. The Kier molecular flexibility index (Phi) is 6.06. The molecule has 88 valence electrons. The van der Waals surface area contributed by atoms with Gasteiger partial charge in [-0.05, 0) is 0 Å². The zero-order valence-electron chi connectivity index (χ0n) is 9.98. The van der Waals surface area contributed by atoms with E-state index in [0.717, 1.165) is 6.54 Å². The topological polar surface area (TPSA) is 104 Å². The number of aromatic nitrogens is 2. The molecule has 1 heterocycles. The minimum Gasteiger partial charge on any atom is -0.245 e. The SMILES string of the molecule is C=CCn1cc[n+](C)c1.N#C[B-](C#N)(C#N)C#N. The van der Waals surface area contributed by atoms with E-state index in [-0.39, 0.29) is 0 Å². The minimum absolute atomic E-state index is 0.890. The van der Waals surface area contributed by atoms with Crippen LogP contribution in [0.2, 0.25) is 0 Å². The van der Waals surface area contributed by atoms with Crippen LogP contribution in [0.15, 0.2) is 31.4 Å². The fraction of sp³-hybridized carbons (Fsp3) is 0.182. The van der Waals surface area contributed by atoms with E-state index in [2.05, 4.69) is 11.1 Å². The van der Waals surface area contributed by atoms with E-state index in [4.69, 9.17) is 21.0 Å². The third kappa shape index (κ3) is 4.23. The van der Waals surface area contributed by atoms with Crippen molar-refractivity contribution in [2.24, 2.45) is 7.05 Å². The van der Waals surface area contributed by atoms with Gasteiger partial charge in [0, 0.05) is 0 Å². The Labute approximate surface area is 106 Å². The van der Waals surface area contributed by atoms with Crippen LogP contribution in [0, 0.1) is 44.9 Å². The summed E-state index contributed by atoms with van der Waals surface area (Å²) in [6, 6.07) is 0. The lowest BCUT2D eigenvalue weighted by atomic mass is 9.30. The van der Waals surface area contributed by atoms with Gasteiger partial charge in [-0.25, -0.2) is 30.2 Å². The lowest BCUT2D eigenvalue weighted by Gasteiger charge is -1.98. The molecule has 0 unspecified atom stereocenters. The van der Waals surface area contributed by atoms with Crippen LogP contribution in [0.25, 0.3) is 0 Å². The van der Waals surface area contributed by atoms with Gasteiger partial charge in [-0.1, -0.05) is 12.7 Å². The summed E-state index contributed by atoms with van der Waals surface area (Å²) in [5, 5.41) is 32.3. The number of nitrogens with zero attached hydrogens (tertiary/aromatic N) is 6. The highest BCUT2D eigenvalue weighted by Gasteiger charge is 2.22. The lowest BCUT2D eigenvalue weighted by Crippen LogP contribution is -2.26. The molecule has 6 nitrogen and oxygen atoms in total. The molecule has 0 amide bonds. The van der Waals surface area contributed by atoms with Gasteiger partial charge in [0.15, 0.2) is 0 Å². The summed E-state index contributed by atoms with van der Waals surface area (Å²) in [5.41, 5.74) is 0. The van der Waals surface area contributed by atoms with Crippen molar-refractivity contribution in [2.75, 3.05) is 0 Å². The summed E-state index contributed by atoms with van der Waals surface area (Å²) in [6.45, 7) is 4.52. The Bertz CT molecular complexity index is 513. The van der Waals surface area contributed by atoms with Gasteiger partial charge in [-0.15, -0.1) is 23.9 Å². The molecule has 0 spiro atoms. The molecule has 0 radical (unpaired) electrons. The first-order valence-electron chi connectivity index (χ1n) is 5.00. The van der Waals surface area contributed by atoms with Crippen molar-refractivity contribution in [1.29, 1.82) is 21.0 Å². The highest BCUT2D eigenvalue weighted by Crippen LogP contribution is 1.92. The Morgan fingerprint density at radius 2 is 1.72 bits per heavy atom. The maximum atomic E-state index is 8.09. The summed E-state index contributed by atoms with van der Waals surface area (Å²) in [4.78, 5) is 0. The molecule has 0 saturated heterocycles. The number of allylic oxidation sites excluding steroid dienone is 1. The average Bonchev–Trinajstić information content (AvgIpc) is 2.80. The minimum atomic E-state index is -2.72. The molecule has 0 atom stereocenters. The Morgan fingerprint density at radius 1 is 1.22 bits per heavy atom. The molecule has 0 N–H and O–H groups in total. The highest BCUT2D eigenvalue weighted by molar-refractivity contribution is 7.05. The number of hydrogen-bond donors (Lipinski definition) is 0. The van der Waals surface area contributed by atoms with E-state index < -0.39 is 6.15 Å². The fourth-order valence-electron chi connectivity index (χ4n) is 0.932. The predicted octanol–water partition coefficient (Wildman–Crippen LogP) is 0.185. The molecule has 1 aromatic heterocycles. The second kappa shape index (κ2) is 7.28. The van der Waals surface area contributed by atoms with E-state index in [1.54, 1.807) is 0 Å². The van der Waals surface area contributed by atoms with Crippen LogP contribution in [-0.4, -0.2) is 10.7 Å². The first-order chi connectivity index (χ1) is 8.57. The summed E-state index contributed by atoms with van der Waals surface area (Å²) >= 11 is 0. The molecular weight excluding hydrogens is 227 g/mol. The number of nitriles is 4. The van der Waals surface area contributed by atoms with Gasteiger partial charge in [-0.3, -0.25) is 0 Å². The van der Waals surface area contributed by atoms with Crippen molar-refractivity contribution < 1.29 is 4.57 Å². The molecule has 0 bridgehead atoms. The molecule has 18 heavy (non-hydrogen) atoms. The van der Waals surface area contributed by atoms with Gasteiger partial charge >= 0.3 is 6.15 Å². The molecule has 0 aliphatic carbocycles. The standard InChI is InChI=1S/C7H11N2.C4BN4/c1-3-4-9-6-5-8(2)7-9;6-1-5(2-7,3-8)4-9/h3,5-7H,1,4H2,2H3;/q+1;-1. The maximum absolute atomic E-state index is 8.09. The quantitative estimate of drug-likeness (QED) is 0.416. The molecule has 1 rings (SSSR count). The Hall–Kier alpha value is -3.03. The van der Waals surface area contributed by atoms with Gasteiger partial charge in [0.25, 0.3) is 0 Å². The Balaban J connectivity index is 0.000000321. The molecule has 7 heteroatoms. The highest BCUT2D eigenvalue weighted by atomic mass is 15.1. The predicted molar refractivity (Wildman–Crippen MR) is 64.0 cm³/mol. The molecule has 0 saturated carbocycles. The van der Waals surface area contributed by atoms with Crippen LogP contribution in [0.4, 0.5) is 0 Å². The monoisotopic (exact) mass is 238 g/mol. The van der Waals surface area contributed by atoms with E-state index >= 15 is 0 Å². The van der Waals surface area contributed by atoms with Crippen molar-refractivity contribution >= 4 is 6.15 Å². The molecule has 0 aromatic carbocycles. The summed E-state index contributed by atoms with van der Waals surface area (Å²) in [7, 11) is 2.00. The smallest absolute Gasteiger partial charge is 0.245 e. The average molecular weight is 238 g/mol.